The van der Waals surface area contributed by atoms with Gasteiger partial charge in [-0.25, -0.2) is 18.0 Å². The van der Waals surface area contributed by atoms with Gasteiger partial charge < -0.3 is 14.5 Å². The molecule has 2 atom stereocenters. The molecule has 2 saturated heterocycles. The van der Waals surface area contributed by atoms with Crippen LogP contribution in [0.2, 0.25) is 0 Å². The molecule has 1 aromatic heterocycles. The van der Waals surface area contributed by atoms with Crippen molar-refractivity contribution in [3.05, 3.63) is 10.6 Å². The first-order valence-electron chi connectivity index (χ1n) is 7.91. The van der Waals surface area contributed by atoms with Crippen molar-refractivity contribution in [1.82, 2.24) is 19.9 Å². The zero-order chi connectivity index (χ0) is 18.2. The molecule has 11 nitrogen and oxygen atoms in total. The number of amides is 1. The van der Waals surface area contributed by atoms with Crippen LogP contribution in [0.4, 0.5) is 10.7 Å². The first-order valence-corrected chi connectivity index (χ1v) is 9.87. The van der Waals surface area contributed by atoms with Crippen molar-refractivity contribution < 1.29 is 22.5 Å². The number of H-pyrrole nitrogens is 1. The van der Waals surface area contributed by atoms with Gasteiger partial charge in [0.1, 0.15) is 0 Å². The molecular formula is C13H21N5O6S. The normalized spacial score (nSPS) is 25.4. The van der Waals surface area contributed by atoms with Crippen LogP contribution in [0.1, 0.15) is 6.42 Å². The number of aromatic nitrogens is 2. The maximum atomic E-state index is 11.8. The van der Waals surface area contributed by atoms with E-state index in [-0.39, 0.29) is 0 Å². The number of piperazine rings is 1. The second-order valence-corrected chi connectivity index (χ2v) is 8.42. The highest BCUT2D eigenvalue weighted by Crippen LogP contribution is 2.24. The van der Waals surface area contributed by atoms with Crippen LogP contribution in [0.3, 0.4) is 0 Å². The predicted octanol–water partition coefficient (Wildman–Crippen LogP) is -1.30. The molecule has 0 aromatic carbocycles. The third-order valence-electron chi connectivity index (χ3n) is 4.58. The summed E-state index contributed by atoms with van der Waals surface area (Å²) in [7, 11) is -1.92. The van der Waals surface area contributed by atoms with Gasteiger partial charge in [-0.1, -0.05) is 0 Å². The maximum Gasteiger partial charge on any atom is 0.440 e. The molecule has 3 rings (SSSR count). The molecule has 1 N–H and O–H groups in total. The Kier molecular flexibility index (Phi) is 4.73. The third kappa shape index (κ3) is 3.79. The molecule has 2 aliphatic rings. The van der Waals surface area contributed by atoms with Gasteiger partial charge in [0.15, 0.2) is 9.84 Å². The van der Waals surface area contributed by atoms with E-state index in [0.717, 1.165) is 19.3 Å². The topological polar surface area (TPSA) is 129 Å². The molecule has 0 bridgehead atoms. The summed E-state index contributed by atoms with van der Waals surface area (Å²) >= 11 is 0. The summed E-state index contributed by atoms with van der Waals surface area (Å²) < 4.78 is 33.1. The Balaban J connectivity index is 1.54. The SMILES string of the molecule is CN1C(=O)OC(S(C)(=O)=O)C1CCN1CCN(c2noc(=O)[nH]2)CC1. The fourth-order valence-electron chi connectivity index (χ4n) is 3.14. The first-order chi connectivity index (χ1) is 11.8. The Hall–Kier alpha value is -2.08. The second-order valence-electron chi connectivity index (χ2n) is 6.30. The smallest absolute Gasteiger partial charge is 0.427 e. The van der Waals surface area contributed by atoms with Gasteiger partial charge in [0.05, 0.1) is 6.04 Å². The summed E-state index contributed by atoms with van der Waals surface area (Å²) in [6, 6.07) is -0.493. The van der Waals surface area contributed by atoms with Crippen LogP contribution in [0, 0.1) is 0 Å². The average Bonchev–Trinajstić information content (AvgIpc) is 3.11. The minimum Gasteiger partial charge on any atom is -0.427 e. The van der Waals surface area contributed by atoms with Crippen LogP contribution >= 0.6 is 0 Å². The summed E-state index contributed by atoms with van der Waals surface area (Å²) in [4.78, 5) is 30.6. The summed E-state index contributed by atoms with van der Waals surface area (Å²) in [6.07, 6.45) is 0.968. The van der Waals surface area contributed by atoms with Crippen molar-refractivity contribution in [3.63, 3.8) is 0 Å². The molecule has 0 radical (unpaired) electrons. The van der Waals surface area contributed by atoms with Crippen molar-refractivity contribution in [2.75, 3.05) is 50.9 Å². The van der Waals surface area contributed by atoms with E-state index in [1.807, 2.05) is 4.90 Å². The molecule has 1 amide bonds. The minimum atomic E-state index is -3.48. The number of hydrogen-bond acceptors (Lipinski definition) is 9. The largest absolute Gasteiger partial charge is 0.440 e. The molecule has 25 heavy (non-hydrogen) atoms. The summed E-state index contributed by atoms with van der Waals surface area (Å²) in [5, 5.41) is 3.67. The highest BCUT2D eigenvalue weighted by atomic mass is 32.2. The number of carbonyl (C=O) groups is 1. The average molecular weight is 375 g/mol. The van der Waals surface area contributed by atoms with Crippen LogP contribution in [-0.2, 0) is 14.6 Å². The van der Waals surface area contributed by atoms with Crippen LogP contribution in [-0.4, -0.2) is 92.0 Å². The number of carbonyl (C=O) groups excluding carboxylic acids is 1. The van der Waals surface area contributed by atoms with Crippen LogP contribution in [0.5, 0.6) is 0 Å². The number of aromatic amines is 1. The van der Waals surface area contributed by atoms with Crippen LogP contribution in [0.15, 0.2) is 9.32 Å². The Labute approximate surface area is 144 Å². The number of likely N-dealkylation sites (N-methyl/N-ethyl adjacent to an activating group) is 1. The minimum absolute atomic E-state index is 0.413. The molecule has 12 heteroatoms. The highest BCUT2D eigenvalue weighted by molar-refractivity contribution is 7.91. The van der Waals surface area contributed by atoms with E-state index < -0.39 is 33.2 Å². The molecule has 0 spiro atoms. The first kappa shape index (κ1) is 17.7. The molecule has 2 unspecified atom stereocenters. The molecule has 0 saturated carbocycles. The fraction of sp³-hybridized carbons (Fsp3) is 0.769. The molecule has 0 aliphatic carbocycles. The molecule has 2 aliphatic heterocycles. The van der Waals surface area contributed by atoms with Gasteiger partial charge in [0.25, 0.3) is 0 Å². The van der Waals surface area contributed by atoms with E-state index in [4.69, 9.17) is 4.74 Å². The molecule has 140 valence electrons. The van der Waals surface area contributed by atoms with E-state index >= 15 is 0 Å². The Morgan fingerprint density at radius 1 is 1.24 bits per heavy atom. The van der Waals surface area contributed by atoms with E-state index in [1.54, 1.807) is 7.05 Å². The Morgan fingerprint density at radius 3 is 2.48 bits per heavy atom. The van der Waals surface area contributed by atoms with Crippen molar-refractivity contribution in [3.8, 4) is 0 Å². The number of nitrogens with one attached hydrogen (secondary N) is 1. The Morgan fingerprint density at radius 2 is 1.92 bits per heavy atom. The lowest BCUT2D eigenvalue weighted by Crippen LogP contribution is -2.48. The quantitative estimate of drug-likeness (QED) is 0.667. The summed E-state index contributed by atoms with van der Waals surface area (Å²) in [5.41, 5.74) is -1.12. The summed E-state index contributed by atoms with van der Waals surface area (Å²) in [6.45, 7) is 3.41. The van der Waals surface area contributed by atoms with E-state index in [9.17, 15) is 18.0 Å². The molecule has 2 fully saturated rings. The number of rotatable bonds is 5. The number of anilines is 1. The number of ether oxygens (including phenoxy) is 1. The molecule has 3 heterocycles. The van der Waals surface area contributed by atoms with E-state index in [0.29, 0.717) is 32.0 Å². The van der Waals surface area contributed by atoms with Gasteiger partial charge in [0.2, 0.25) is 11.4 Å². The number of nitrogens with zero attached hydrogens (tertiary/aromatic N) is 4. The van der Waals surface area contributed by atoms with E-state index in [2.05, 4.69) is 19.6 Å². The van der Waals surface area contributed by atoms with Gasteiger partial charge in [-0.3, -0.25) is 14.4 Å². The van der Waals surface area contributed by atoms with Crippen LogP contribution in [0.25, 0.3) is 0 Å². The maximum absolute atomic E-state index is 11.8. The van der Waals surface area contributed by atoms with Gasteiger partial charge in [-0.05, 0) is 11.6 Å². The lowest BCUT2D eigenvalue weighted by Gasteiger charge is -2.34. The lowest BCUT2D eigenvalue weighted by molar-refractivity contribution is 0.154. The third-order valence-corrected chi connectivity index (χ3v) is 5.83. The van der Waals surface area contributed by atoms with Crippen molar-refractivity contribution in [2.45, 2.75) is 17.9 Å². The number of cyclic esters (lactones) is 1. The van der Waals surface area contributed by atoms with Crippen molar-refractivity contribution in [1.29, 1.82) is 0 Å². The molecule has 1 aromatic rings. The van der Waals surface area contributed by atoms with Gasteiger partial charge in [0, 0.05) is 46.0 Å². The van der Waals surface area contributed by atoms with Crippen molar-refractivity contribution in [2.24, 2.45) is 0 Å². The molecular weight excluding hydrogens is 354 g/mol. The van der Waals surface area contributed by atoms with Gasteiger partial charge in [-0.15, -0.1) is 0 Å². The van der Waals surface area contributed by atoms with Crippen molar-refractivity contribution >= 4 is 21.9 Å². The monoisotopic (exact) mass is 375 g/mol. The number of sulfone groups is 1. The highest BCUT2D eigenvalue weighted by Gasteiger charge is 2.45. The Bertz CT molecular complexity index is 781. The predicted molar refractivity (Wildman–Crippen MR) is 87.1 cm³/mol. The van der Waals surface area contributed by atoms with Gasteiger partial charge in [-0.2, -0.15) is 0 Å². The fourth-order valence-corrected chi connectivity index (χ4v) is 4.28. The van der Waals surface area contributed by atoms with Crippen LogP contribution < -0.4 is 10.7 Å². The second kappa shape index (κ2) is 6.67. The number of hydrogen-bond donors (Lipinski definition) is 1. The zero-order valence-corrected chi connectivity index (χ0v) is 14.9. The lowest BCUT2D eigenvalue weighted by atomic mass is 10.2. The van der Waals surface area contributed by atoms with E-state index in [1.165, 1.54) is 4.90 Å². The standard InChI is InChI=1S/C13H21N5O6S/c1-16-9(10(23-13(16)20)25(2,21)22)3-4-17-5-7-18(8-6-17)11-14-12(19)24-15-11/h9-10H,3-8H2,1-2H3,(H,14,15,19). The zero-order valence-electron chi connectivity index (χ0n) is 14.0. The van der Waals surface area contributed by atoms with Gasteiger partial charge >= 0.3 is 11.8 Å². The summed E-state index contributed by atoms with van der Waals surface area (Å²) in [5.74, 6) is -0.172.